The van der Waals surface area contributed by atoms with Crippen LogP contribution < -0.4 is 0 Å². The van der Waals surface area contributed by atoms with Crippen LogP contribution in [0.5, 0.6) is 5.75 Å². The molecule has 1 aliphatic carbocycles. The zero-order chi connectivity index (χ0) is 14.3. The molecule has 1 aromatic rings. The van der Waals surface area contributed by atoms with Crippen LogP contribution in [0, 0.1) is 17.6 Å². The van der Waals surface area contributed by atoms with Crippen molar-refractivity contribution in [3.05, 3.63) is 59.7 Å². The fourth-order valence-electron chi connectivity index (χ4n) is 2.22. The van der Waals surface area contributed by atoms with E-state index in [0.29, 0.717) is 0 Å². The molecule has 0 spiro atoms. The molecule has 0 bridgehead atoms. The number of hydrogen-bond acceptors (Lipinski definition) is 3. The molecule has 102 valence electrons. The molecule has 0 saturated carbocycles. The van der Waals surface area contributed by atoms with Crippen molar-refractivity contribution in [1.29, 1.82) is 0 Å². The lowest BCUT2D eigenvalue weighted by molar-refractivity contribution is -0.120. The van der Waals surface area contributed by atoms with Gasteiger partial charge in [0.25, 0.3) is 0 Å². The van der Waals surface area contributed by atoms with Crippen molar-refractivity contribution < 1.29 is 23.4 Å². The number of carbonyl (C=O) groups is 1. The second-order valence-electron chi connectivity index (χ2n) is 4.58. The number of aromatic hydroxyl groups is 1. The third-order valence-corrected chi connectivity index (χ3v) is 3.25. The number of hydrogen-bond donors (Lipinski definition) is 1. The molecule has 1 aromatic carbocycles. The first-order chi connectivity index (χ1) is 9.56. The van der Waals surface area contributed by atoms with Gasteiger partial charge < -0.3 is 9.84 Å². The van der Waals surface area contributed by atoms with Crippen molar-refractivity contribution in [2.45, 2.75) is 6.10 Å². The first-order valence-electron chi connectivity index (χ1n) is 6.02. The predicted molar refractivity (Wildman–Crippen MR) is 67.6 cm³/mol. The molecule has 1 N–H and O–H groups in total. The van der Waals surface area contributed by atoms with E-state index in [1.165, 1.54) is 6.08 Å². The maximum atomic E-state index is 13.3. The van der Waals surface area contributed by atoms with Crippen LogP contribution in [0.4, 0.5) is 8.78 Å². The van der Waals surface area contributed by atoms with Crippen LogP contribution in [0.25, 0.3) is 5.76 Å². The summed E-state index contributed by atoms with van der Waals surface area (Å²) in [4.78, 5) is 12.0. The largest absolute Gasteiger partial charge is 0.503 e. The Kier molecular flexibility index (Phi) is 2.89. The van der Waals surface area contributed by atoms with Gasteiger partial charge in [0.1, 0.15) is 11.9 Å². The first kappa shape index (κ1) is 12.6. The van der Waals surface area contributed by atoms with Gasteiger partial charge in [-0.25, -0.2) is 8.78 Å². The van der Waals surface area contributed by atoms with Gasteiger partial charge in [0, 0.05) is 11.6 Å². The van der Waals surface area contributed by atoms with E-state index in [2.05, 4.69) is 0 Å². The Morgan fingerprint density at radius 3 is 2.45 bits per heavy atom. The highest BCUT2D eigenvalue weighted by atomic mass is 19.1. The number of ether oxygens (including phenoxy) is 1. The van der Waals surface area contributed by atoms with Crippen LogP contribution in [-0.2, 0) is 9.53 Å². The molecule has 3 rings (SSSR count). The molecule has 0 fully saturated rings. The van der Waals surface area contributed by atoms with E-state index in [0.717, 1.165) is 12.1 Å². The number of carbonyl (C=O) groups excluding carboxylic acids is 1. The third-order valence-electron chi connectivity index (χ3n) is 3.25. The van der Waals surface area contributed by atoms with E-state index in [1.807, 2.05) is 0 Å². The summed E-state index contributed by atoms with van der Waals surface area (Å²) in [6.45, 7) is 0. The minimum Gasteiger partial charge on any atom is -0.503 e. The van der Waals surface area contributed by atoms with Gasteiger partial charge in [0.2, 0.25) is 0 Å². The zero-order valence-electron chi connectivity index (χ0n) is 10.2. The van der Waals surface area contributed by atoms with Gasteiger partial charge in [0.05, 0.1) is 5.92 Å². The van der Waals surface area contributed by atoms with Gasteiger partial charge in [-0.3, -0.25) is 4.79 Å². The Balaban J connectivity index is 2.01. The summed E-state index contributed by atoms with van der Waals surface area (Å²) in [5.41, 5.74) is 0.0764. The fourth-order valence-corrected chi connectivity index (χ4v) is 2.22. The van der Waals surface area contributed by atoms with Crippen molar-refractivity contribution in [2.24, 2.45) is 5.92 Å². The summed E-state index contributed by atoms with van der Waals surface area (Å²) in [7, 11) is 0. The number of fused-ring (bicyclic) bond motifs is 1. The molecule has 20 heavy (non-hydrogen) atoms. The molecule has 2 aliphatic rings. The molecule has 2 atom stereocenters. The number of benzene rings is 1. The van der Waals surface area contributed by atoms with E-state index in [-0.39, 0.29) is 17.1 Å². The maximum absolute atomic E-state index is 13.3. The Morgan fingerprint density at radius 2 is 1.75 bits per heavy atom. The van der Waals surface area contributed by atoms with Gasteiger partial charge in [-0.1, -0.05) is 18.2 Å². The summed E-state index contributed by atoms with van der Waals surface area (Å²) in [6.07, 6.45) is 7.67. The number of phenols is 1. The number of halogens is 2. The monoisotopic (exact) mass is 276 g/mol. The van der Waals surface area contributed by atoms with Crippen LogP contribution in [0.1, 0.15) is 5.56 Å². The first-order valence-corrected chi connectivity index (χ1v) is 6.02. The molecule has 2 unspecified atom stereocenters. The summed E-state index contributed by atoms with van der Waals surface area (Å²) in [5.74, 6) is -3.75. The topological polar surface area (TPSA) is 46.5 Å². The van der Waals surface area contributed by atoms with E-state index in [9.17, 15) is 13.6 Å². The van der Waals surface area contributed by atoms with Crippen molar-refractivity contribution in [2.75, 3.05) is 0 Å². The van der Waals surface area contributed by atoms with Crippen LogP contribution in [0.2, 0.25) is 0 Å². The Bertz CT molecular complexity index is 651. The van der Waals surface area contributed by atoms with Gasteiger partial charge >= 0.3 is 0 Å². The van der Waals surface area contributed by atoms with Crippen molar-refractivity contribution >= 4 is 11.5 Å². The van der Waals surface area contributed by atoms with Gasteiger partial charge in [-0.2, -0.15) is 0 Å². The Morgan fingerprint density at radius 1 is 1.10 bits per heavy atom. The number of ketones is 1. The summed E-state index contributed by atoms with van der Waals surface area (Å²) < 4.78 is 32.3. The van der Waals surface area contributed by atoms with E-state index in [4.69, 9.17) is 9.84 Å². The summed E-state index contributed by atoms with van der Waals surface area (Å²) >= 11 is 0. The molecule has 5 heteroatoms. The summed E-state index contributed by atoms with van der Waals surface area (Å²) in [5, 5.41) is 9.07. The number of phenolic OH excluding ortho intramolecular Hbond substituents is 1. The van der Waals surface area contributed by atoms with Crippen LogP contribution >= 0.6 is 0 Å². The standard InChI is InChI=1S/C15H10F2O3/c16-10-5-8(6-11(17)15(10)19)14-7-12(18)9-3-1-2-4-13(9)20-14/h1-7,9,13,19H. The minimum atomic E-state index is -1.10. The minimum absolute atomic E-state index is 0.0764. The predicted octanol–water partition coefficient (Wildman–Crippen LogP) is 2.72. The highest BCUT2D eigenvalue weighted by Gasteiger charge is 2.32. The molecule has 3 nitrogen and oxygen atoms in total. The van der Waals surface area contributed by atoms with Gasteiger partial charge in [-0.15, -0.1) is 0 Å². The molecule has 1 aliphatic heterocycles. The normalized spacial score (nSPS) is 24.1. The zero-order valence-corrected chi connectivity index (χ0v) is 10.2. The Hall–Kier alpha value is -2.43. The van der Waals surface area contributed by atoms with E-state index in [1.54, 1.807) is 24.3 Å². The van der Waals surface area contributed by atoms with Crippen LogP contribution in [-0.4, -0.2) is 17.0 Å². The van der Waals surface area contributed by atoms with Gasteiger partial charge in [0.15, 0.2) is 23.2 Å². The molecule has 1 heterocycles. The fraction of sp³-hybridized carbons (Fsp3) is 0.133. The van der Waals surface area contributed by atoms with E-state index >= 15 is 0 Å². The molecular formula is C15H10F2O3. The lowest BCUT2D eigenvalue weighted by Gasteiger charge is -2.29. The second-order valence-corrected chi connectivity index (χ2v) is 4.58. The van der Waals surface area contributed by atoms with Gasteiger partial charge in [-0.05, 0) is 18.2 Å². The number of allylic oxidation sites excluding steroid dienone is 3. The van der Waals surface area contributed by atoms with E-state index < -0.39 is 29.4 Å². The highest BCUT2D eigenvalue weighted by molar-refractivity contribution is 6.00. The highest BCUT2D eigenvalue weighted by Crippen LogP contribution is 2.32. The van der Waals surface area contributed by atoms with Crippen LogP contribution in [0.15, 0.2) is 42.5 Å². The molecular weight excluding hydrogens is 266 g/mol. The SMILES string of the molecule is O=C1C=C(c2cc(F)c(O)c(F)c2)OC2C=CC=CC12. The quantitative estimate of drug-likeness (QED) is 0.858. The molecule has 0 amide bonds. The molecule has 0 saturated heterocycles. The average molecular weight is 276 g/mol. The van der Waals surface area contributed by atoms with Crippen molar-refractivity contribution in [3.8, 4) is 5.75 Å². The molecule has 0 aromatic heterocycles. The molecule has 0 radical (unpaired) electrons. The second kappa shape index (κ2) is 4.59. The Labute approximate surface area is 113 Å². The van der Waals surface area contributed by atoms with Crippen molar-refractivity contribution in [3.63, 3.8) is 0 Å². The third kappa shape index (κ3) is 2.01. The van der Waals surface area contributed by atoms with Crippen molar-refractivity contribution in [1.82, 2.24) is 0 Å². The number of rotatable bonds is 1. The lowest BCUT2D eigenvalue weighted by Crippen LogP contribution is -2.31. The average Bonchev–Trinajstić information content (AvgIpc) is 2.44. The summed E-state index contributed by atoms with van der Waals surface area (Å²) in [6, 6.07) is 1.86. The lowest BCUT2D eigenvalue weighted by atomic mass is 9.90. The smallest absolute Gasteiger partial charge is 0.187 e. The van der Waals surface area contributed by atoms with Crippen LogP contribution in [0.3, 0.4) is 0 Å². The maximum Gasteiger partial charge on any atom is 0.187 e.